The molecule has 2 unspecified atom stereocenters. The lowest BCUT2D eigenvalue weighted by Gasteiger charge is -2.33. The lowest BCUT2D eigenvalue weighted by Crippen LogP contribution is -2.47. The first-order chi connectivity index (χ1) is 7.33. The molecule has 0 radical (unpaired) electrons. The molecule has 0 heterocycles. The Labute approximate surface area is 93.0 Å². The Hall–Kier alpha value is -0.380. The van der Waals surface area contributed by atoms with Crippen LogP contribution in [0.25, 0.3) is 0 Å². The lowest BCUT2D eigenvalue weighted by atomic mass is 9.82. The van der Waals surface area contributed by atoms with Crippen molar-refractivity contribution in [2.24, 2.45) is 11.8 Å². The fourth-order valence-corrected chi connectivity index (χ4v) is 2.49. The summed E-state index contributed by atoms with van der Waals surface area (Å²) in [7, 11) is 0. The van der Waals surface area contributed by atoms with Crippen molar-refractivity contribution in [3.8, 4) is 0 Å². The molecule has 1 rings (SSSR count). The van der Waals surface area contributed by atoms with Crippen LogP contribution in [0.1, 0.15) is 39.0 Å². The summed E-state index contributed by atoms with van der Waals surface area (Å²) in [5.41, 5.74) is 2.79. The molecule has 1 saturated carbocycles. The SMILES string of the molecule is C=CC(NN)C(OCC)C1CCCCC1. The zero-order chi connectivity index (χ0) is 11.1. The van der Waals surface area contributed by atoms with E-state index in [1.807, 2.05) is 13.0 Å². The van der Waals surface area contributed by atoms with Gasteiger partial charge in [0.15, 0.2) is 0 Å². The van der Waals surface area contributed by atoms with E-state index in [4.69, 9.17) is 10.6 Å². The Morgan fingerprint density at radius 1 is 1.47 bits per heavy atom. The number of nitrogens with two attached hydrogens (primary N) is 1. The minimum absolute atomic E-state index is 0.0769. The third-order valence-electron chi connectivity index (χ3n) is 3.27. The maximum Gasteiger partial charge on any atom is 0.0804 e. The molecule has 3 N–H and O–H groups in total. The number of nitrogens with one attached hydrogen (secondary N) is 1. The van der Waals surface area contributed by atoms with Crippen molar-refractivity contribution in [1.29, 1.82) is 0 Å². The van der Waals surface area contributed by atoms with E-state index < -0.39 is 0 Å². The van der Waals surface area contributed by atoms with E-state index in [9.17, 15) is 0 Å². The molecule has 0 saturated heterocycles. The molecule has 2 atom stereocenters. The molecule has 1 aliphatic rings. The molecule has 3 heteroatoms. The van der Waals surface area contributed by atoms with Gasteiger partial charge in [0.2, 0.25) is 0 Å². The molecule has 3 nitrogen and oxygen atoms in total. The van der Waals surface area contributed by atoms with Crippen LogP contribution < -0.4 is 11.3 Å². The van der Waals surface area contributed by atoms with Gasteiger partial charge in [0.1, 0.15) is 0 Å². The van der Waals surface area contributed by atoms with Gasteiger partial charge < -0.3 is 4.74 Å². The molecule has 0 aromatic heterocycles. The predicted molar refractivity (Wildman–Crippen MR) is 63.3 cm³/mol. The molecule has 0 aromatic carbocycles. The highest BCUT2D eigenvalue weighted by Gasteiger charge is 2.28. The standard InChI is InChI=1S/C12H24N2O/c1-3-11(14-13)12(15-4-2)10-8-6-5-7-9-10/h3,10-12,14H,1,4-9,13H2,2H3. The molecule has 1 fully saturated rings. The highest BCUT2D eigenvalue weighted by Crippen LogP contribution is 2.29. The molecule has 15 heavy (non-hydrogen) atoms. The number of ether oxygens (including phenoxy) is 1. The average molecular weight is 212 g/mol. The van der Waals surface area contributed by atoms with Gasteiger partial charge in [-0.05, 0) is 25.7 Å². The van der Waals surface area contributed by atoms with Crippen LogP contribution in [0, 0.1) is 5.92 Å². The summed E-state index contributed by atoms with van der Waals surface area (Å²) in [6.45, 7) is 6.58. The summed E-state index contributed by atoms with van der Waals surface area (Å²) in [5, 5.41) is 0. The monoisotopic (exact) mass is 212 g/mol. The third kappa shape index (κ3) is 3.59. The van der Waals surface area contributed by atoms with Crippen LogP contribution in [0.3, 0.4) is 0 Å². The lowest BCUT2D eigenvalue weighted by molar-refractivity contribution is -0.00733. The van der Waals surface area contributed by atoms with Crippen LogP contribution in [-0.2, 0) is 4.74 Å². The van der Waals surface area contributed by atoms with Crippen molar-refractivity contribution < 1.29 is 4.74 Å². The average Bonchev–Trinajstić information content (AvgIpc) is 2.30. The molecular weight excluding hydrogens is 188 g/mol. The second-order valence-corrected chi connectivity index (χ2v) is 4.25. The third-order valence-corrected chi connectivity index (χ3v) is 3.27. The van der Waals surface area contributed by atoms with Crippen molar-refractivity contribution >= 4 is 0 Å². The van der Waals surface area contributed by atoms with Crippen LogP contribution >= 0.6 is 0 Å². The Morgan fingerprint density at radius 3 is 2.60 bits per heavy atom. The summed E-state index contributed by atoms with van der Waals surface area (Å²) in [6, 6.07) is 0.0769. The highest BCUT2D eigenvalue weighted by molar-refractivity contribution is 4.94. The summed E-state index contributed by atoms with van der Waals surface area (Å²) in [5.74, 6) is 6.16. The van der Waals surface area contributed by atoms with Gasteiger partial charge in [0, 0.05) is 6.61 Å². The van der Waals surface area contributed by atoms with Gasteiger partial charge in [0.05, 0.1) is 12.1 Å². The van der Waals surface area contributed by atoms with Crippen molar-refractivity contribution in [3.63, 3.8) is 0 Å². The van der Waals surface area contributed by atoms with Gasteiger partial charge >= 0.3 is 0 Å². The number of hydrazine groups is 1. The van der Waals surface area contributed by atoms with Gasteiger partial charge in [-0.25, -0.2) is 0 Å². The smallest absolute Gasteiger partial charge is 0.0804 e. The van der Waals surface area contributed by atoms with E-state index in [1.165, 1.54) is 32.1 Å². The largest absolute Gasteiger partial charge is 0.376 e. The second-order valence-electron chi connectivity index (χ2n) is 4.25. The van der Waals surface area contributed by atoms with Crippen molar-refractivity contribution in [3.05, 3.63) is 12.7 Å². The van der Waals surface area contributed by atoms with Crippen LogP contribution in [0.2, 0.25) is 0 Å². The Kier molecular flexibility index (Phi) is 5.91. The summed E-state index contributed by atoms with van der Waals surface area (Å²) >= 11 is 0. The molecular formula is C12H24N2O. The van der Waals surface area contributed by atoms with Gasteiger partial charge in [-0.3, -0.25) is 11.3 Å². The van der Waals surface area contributed by atoms with Gasteiger partial charge in [-0.1, -0.05) is 25.3 Å². The first kappa shape index (κ1) is 12.7. The van der Waals surface area contributed by atoms with Gasteiger partial charge in [0.25, 0.3) is 0 Å². The second kappa shape index (κ2) is 6.99. The molecule has 0 aliphatic heterocycles. The zero-order valence-electron chi connectivity index (χ0n) is 9.74. The molecule has 0 aromatic rings. The molecule has 88 valence electrons. The molecule has 0 bridgehead atoms. The highest BCUT2D eigenvalue weighted by atomic mass is 16.5. The molecule has 0 amide bonds. The van der Waals surface area contributed by atoms with Crippen LogP contribution in [0.4, 0.5) is 0 Å². The topological polar surface area (TPSA) is 47.3 Å². The summed E-state index contributed by atoms with van der Waals surface area (Å²) in [4.78, 5) is 0. The number of hydrogen-bond donors (Lipinski definition) is 2. The van der Waals surface area contributed by atoms with E-state index in [-0.39, 0.29) is 12.1 Å². The number of rotatable bonds is 6. The van der Waals surface area contributed by atoms with E-state index in [0.717, 1.165) is 6.61 Å². The molecule has 0 spiro atoms. The van der Waals surface area contributed by atoms with Crippen molar-refractivity contribution in [1.82, 2.24) is 5.43 Å². The maximum atomic E-state index is 5.81. The Morgan fingerprint density at radius 2 is 2.13 bits per heavy atom. The van der Waals surface area contributed by atoms with Crippen molar-refractivity contribution in [2.45, 2.75) is 51.2 Å². The Balaban J connectivity index is 2.57. The molecule has 1 aliphatic carbocycles. The zero-order valence-corrected chi connectivity index (χ0v) is 9.74. The first-order valence-corrected chi connectivity index (χ1v) is 6.03. The fraction of sp³-hybridized carbons (Fsp3) is 0.833. The van der Waals surface area contributed by atoms with Gasteiger partial charge in [-0.2, -0.15) is 0 Å². The van der Waals surface area contributed by atoms with E-state index in [1.54, 1.807) is 0 Å². The quantitative estimate of drug-likeness (QED) is 0.402. The summed E-state index contributed by atoms with van der Waals surface area (Å²) < 4.78 is 5.81. The van der Waals surface area contributed by atoms with E-state index in [2.05, 4.69) is 12.0 Å². The van der Waals surface area contributed by atoms with E-state index >= 15 is 0 Å². The summed E-state index contributed by atoms with van der Waals surface area (Å²) in [6.07, 6.45) is 8.58. The van der Waals surface area contributed by atoms with Crippen LogP contribution in [0.5, 0.6) is 0 Å². The normalized spacial score (nSPS) is 22.3. The number of hydrogen-bond acceptors (Lipinski definition) is 3. The van der Waals surface area contributed by atoms with Crippen LogP contribution in [-0.4, -0.2) is 18.8 Å². The maximum absolute atomic E-state index is 5.81. The predicted octanol–water partition coefficient (Wildman–Crippen LogP) is 1.99. The minimum atomic E-state index is 0.0769. The van der Waals surface area contributed by atoms with Crippen LogP contribution in [0.15, 0.2) is 12.7 Å². The Bertz CT molecular complexity index is 178. The van der Waals surface area contributed by atoms with Gasteiger partial charge in [-0.15, -0.1) is 6.58 Å². The first-order valence-electron chi connectivity index (χ1n) is 6.03. The van der Waals surface area contributed by atoms with E-state index in [0.29, 0.717) is 5.92 Å². The van der Waals surface area contributed by atoms with Crippen molar-refractivity contribution in [2.75, 3.05) is 6.61 Å². The minimum Gasteiger partial charge on any atom is -0.376 e. The fourth-order valence-electron chi connectivity index (χ4n) is 2.49.